The van der Waals surface area contributed by atoms with E-state index in [1.165, 1.54) is 43.2 Å². The van der Waals surface area contributed by atoms with Crippen LogP contribution in [0.1, 0.15) is 30.0 Å². The summed E-state index contributed by atoms with van der Waals surface area (Å²) in [6.07, 6.45) is -4.00. The number of nitrogens with one attached hydrogen (secondary N) is 1. The first kappa shape index (κ1) is 29.1. The van der Waals surface area contributed by atoms with E-state index in [4.69, 9.17) is 0 Å². The first-order valence-corrected chi connectivity index (χ1v) is 13.1. The molecule has 1 saturated heterocycles. The summed E-state index contributed by atoms with van der Waals surface area (Å²) in [5.41, 5.74) is 0.287. The molecule has 1 atom stereocenters. The van der Waals surface area contributed by atoms with E-state index in [9.17, 15) is 36.0 Å². The Morgan fingerprint density at radius 1 is 1.00 bits per heavy atom. The van der Waals surface area contributed by atoms with Gasteiger partial charge in [-0.3, -0.25) is 14.4 Å². The molecule has 0 aromatic heterocycles. The van der Waals surface area contributed by atoms with Crippen LogP contribution in [0.3, 0.4) is 0 Å². The molecule has 0 saturated carbocycles. The van der Waals surface area contributed by atoms with E-state index >= 15 is 0 Å². The van der Waals surface area contributed by atoms with Crippen LogP contribution in [-0.2, 0) is 48.3 Å². The van der Waals surface area contributed by atoms with Crippen LogP contribution in [0.2, 0.25) is 0 Å². The van der Waals surface area contributed by atoms with Crippen LogP contribution in [0.15, 0.2) is 53.4 Å². The summed E-state index contributed by atoms with van der Waals surface area (Å²) in [6, 6.07) is 8.90. The number of alkyl halides is 3. The molecule has 1 unspecified atom stereocenters. The van der Waals surface area contributed by atoms with Gasteiger partial charge in [0.15, 0.2) is 0 Å². The zero-order valence-corrected chi connectivity index (χ0v) is 21.6. The molecule has 3 rings (SSSR count). The van der Waals surface area contributed by atoms with Gasteiger partial charge >= 0.3 is 12.1 Å². The average molecular weight is 556 g/mol. The third kappa shape index (κ3) is 7.10. The zero-order chi connectivity index (χ0) is 28.1. The molecule has 0 radical (unpaired) electrons. The van der Waals surface area contributed by atoms with Crippen LogP contribution < -0.4 is 5.32 Å². The van der Waals surface area contributed by atoms with Crippen LogP contribution in [0.25, 0.3) is 0 Å². The zero-order valence-electron chi connectivity index (χ0n) is 20.8. The van der Waals surface area contributed by atoms with Crippen molar-refractivity contribution in [2.45, 2.75) is 43.4 Å². The van der Waals surface area contributed by atoms with Gasteiger partial charge in [0, 0.05) is 39.5 Å². The molecule has 2 aromatic carbocycles. The number of nitrogens with zero attached hydrogens (tertiary/aromatic N) is 2. The van der Waals surface area contributed by atoms with Crippen molar-refractivity contribution in [1.29, 1.82) is 0 Å². The van der Waals surface area contributed by atoms with Crippen molar-refractivity contribution in [3.8, 4) is 0 Å². The fraction of sp³-hybridized carbons (Fsp3) is 0.400. The molecule has 0 spiro atoms. The Morgan fingerprint density at radius 2 is 1.61 bits per heavy atom. The van der Waals surface area contributed by atoms with Crippen molar-refractivity contribution in [3.63, 3.8) is 0 Å². The number of esters is 1. The summed E-state index contributed by atoms with van der Waals surface area (Å²) in [6.45, 7) is 0.980. The minimum atomic E-state index is -4.49. The second kappa shape index (κ2) is 11.9. The second-order valence-electron chi connectivity index (χ2n) is 8.73. The Bertz CT molecular complexity index is 1260. The summed E-state index contributed by atoms with van der Waals surface area (Å²) in [5.74, 6) is -1.40. The standard InChI is InChI=1S/C25H28F3N3O6S/c1-17(32)30-13-14-31(38(35,36)21-10-5-18(6-11-21)7-12-23(33)37-2)22(16-30)24(34)29-15-19-3-8-20(9-4-19)25(26,27)28/h3-6,8-11,22H,7,12-16H2,1-2H3,(H,29,34). The molecule has 1 aliphatic heterocycles. The smallest absolute Gasteiger partial charge is 0.416 e. The van der Waals surface area contributed by atoms with Crippen molar-refractivity contribution < 1.29 is 40.7 Å². The molecule has 206 valence electrons. The van der Waals surface area contributed by atoms with Crippen LogP contribution in [0, 0.1) is 0 Å². The third-order valence-electron chi connectivity index (χ3n) is 6.20. The number of aryl methyl sites for hydroxylation is 1. The van der Waals surface area contributed by atoms with Crippen molar-refractivity contribution in [1.82, 2.24) is 14.5 Å². The lowest BCUT2D eigenvalue weighted by molar-refractivity contribution is -0.140. The summed E-state index contributed by atoms with van der Waals surface area (Å²) in [7, 11) is -2.87. The summed E-state index contributed by atoms with van der Waals surface area (Å²) in [4.78, 5) is 37.7. The van der Waals surface area contributed by atoms with E-state index in [-0.39, 0.29) is 43.4 Å². The van der Waals surface area contributed by atoms with Gasteiger partial charge in [-0.05, 0) is 41.8 Å². The lowest BCUT2D eigenvalue weighted by atomic mass is 10.1. The number of piperazine rings is 1. The highest BCUT2D eigenvalue weighted by Gasteiger charge is 2.40. The summed E-state index contributed by atoms with van der Waals surface area (Å²) < 4.78 is 71.0. The fourth-order valence-electron chi connectivity index (χ4n) is 3.98. The molecule has 1 N–H and O–H groups in total. The normalized spacial score (nSPS) is 16.7. The largest absolute Gasteiger partial charge is 0.469 e. The van der Waals surface area contributed by atoms with Crippen LogP contribution >= 0.6 is 0 Å². The molecule has 1 heterocycles. The molecular formula is C25H28F3N3O6S. The molecule has 1 aliphatic rings. The number of sulfonamides is 1. The Hall–Kier alpha value is -3.45. The number of halogens is 3. The van der Waals surface area contributed by atoms with E-state index in [2.05, 4.69) is 10.1 Å². The molecule has 2 aromatic rings. The van der Waals surface area contributed by atoms with Gasteiger partial charge in [-0.2, -0.15) is 17.5 Å². The quantitative estimate of drug-likeness (QED) is 0.501. The van der Waals surface area contributed by atoms with Crippen molar-refractivity contribution >= 4 is 27.8 Å². The van der Waals surface area contributed by atoms with Gasteiger partial charge in [-0.1, -0.05) is 24.3 Å². The minimum absolute atomic E-state index is 0.0591. The van der Waals surface area contributed by atoms with Gasteiger partial charge in [0.25, 0.3) is 0 Å². The monoisotopic (exact) mass is 555 g/mol. The first-order valence-electron chi connectivity index (χ1n) is 11.7. The second-order valence-corrected chi connectivity index (χ2v) is 10.6. The maximum atomic E-state index is 13.5. The van der Waals surface area contributed by atoms with Crippen molar-refractivity contribution in [2.24, 2.45) is 0 Å². The SMILES string of the molecule is COC(=O)CCc1ccc(S(=O)(=O)N2CCN(C(C)=O)CC2C(=O)NCc2ccc(C(F)(F)F)cc2)cc1. The minimum Gasteiger partial charge on any atom is -0.469 e. The molecule has 38 heavy (non-hydrogen) atoms. The average Bonchev–Trinajstić information content (AvgIpc) is 2.89. The van der Waals surface area contributed by atoms with Gasteiger partial charge in [0.2, 0.25) is 21.8 Å². The van der Waals surface area contributed by atoms with Crippen LogP contribution in [0.4, 0.5) is 13.2 Å². The number of rotatable bonds is 8. The molecule has 1 fully saturated rings. The van der Waals surface area contributed by atoms with Gasteiger partial charge in [-0.25, -0.2) is 8.42 Å². The van der Waals surface area contributed by atoms with Crippen molar-refractivity contribution in [3.05, 3.63) is 65.2 Å². The third-order valence-corrected chi connectivity index (χ3v) is 8.13. The highest BCUT2D eigenvalue weighted by atomic mass is 32.2. The predicted octanol–water partition coefficient (Wildman–Crippen LogP) is 2.35. The van der Waals surface area contributed by atoms with Crippen LogP contribution in [0.5, 0.6) is 0 Å². The topological polar surface area (TPSA) is 113 Å². The highest BCUT2D eigenvalue weighted by Crippen LogP contribution is 2.29. The van der Waals surface area contributed by atoms with Crippen molar-refractivity contribution in [2.75, 3.05) is 26.7 Å². The summed E-state index contributed by atoms with van der Waals surface area (Å²) in [5, 5.41) is 2.57. The van der Waals surface area contributed by atoms with E-state index in [0.29, 0.717) is 12.0 Å². The first-order chi connectivity index (χ1) is 17.8. The Labute approximate surface area is 218 Å². The van der Waals surface area contributed by atoms with E-state index in [1.807, 2.05) is 0 Å². The van der Waals surface area contributed by atoms with Crippen LogP contribution in [-0.4, -0.2) is 68.2 Å². The maximum Gasteiger partial charge on any atom is 0.416 e. The maximum absolute atomic E-state index is 13.5. The molecule has 2 amide bonds. The van der Waals surface area contributed by atoms with Gasteiger partial charge in [0.1, 0.15) is 6.04 Å². The van der Waals surface area contributed by atoms with E-state index in [0.717, 1.165) is 22.0 Å². The number of amides is 2. The molecule has 0 bridgehead atoms. The van der Waals surface area contributed by atoms with Gasteiger partial charge < -0.3 is 15.0 Å². The molecule has 9 nitrogen and oxygen atoms in total. The Morgan fingerprint density at radius 3 is 2.16 bits per heavy atom. The number of benzene rings is 2. The highest BCUT2D eigenvalue weighted by molar-refractivity contribution is 7.89. The number of methoxy groups -OCH3 is 1. The van der Waals surface area contributed by atoms with Gasteiger partial charge in [-0.15, -0.1) is 0 Å². The molecule has 13 heteroatoms. The number of hydrogen-bond acceptors (Lipinski definition) is 6. The Balaban J connectivity index is 1.76. The lowest BCUT2D eigenvalue weighted by Gasteiger charge is -2.39. The molecular weight excluding hydrogens is 527 g/mol. The number of ether oxygens (including phenoxy) is 1. The molecule has 0 aliphatic carbocycles. The number of hydrogen-bond donors (Lipinski definition) is 1. The van der Waals surface area contributed by atoms with E-state index < -0.39 is 39.7 Å². The summed E-state index contributed by atoms with van der Waals surface area (Å²) >= 11 is 0. The fourth-order valence-corrected chi connectivity index (χ4v) is 5.55. The lowest BCUT2D eigenvalue weighted by Crippen LogP contribution is -2.61. The van der Waals surface area contributed by atoms with Gasteiger partial charge in [0.05, 0.1) is 17.6 Å². The number of carbonyl (C=O) groups excluding carboxylic acids is 3. The number of carbonyl (C=O) groups is 3. The predicted molar refractivity (Wildman–Crippen MR) is 130 cm³/mol. The Kier molecular flexibility index (Phi) is 9.15. The van der Waals surface area contributed by atoms with E-state index in [1.54, 1.807) is 12.1 Å².